The molecule has 8 heteroatoms. The topological polar surface area (TPSA) is 83.4 Å². The number of allylic oxidation sites excluding steroid dienone is 2. The normalized spacial score (nSPS) is 22.7. The highest BCUT2D eigenvalue weighted by atomic mass is 35.5. The van der Waals surface area contributed by atoms with Crippen molar-refractivity contribution < 1.29 is 28.5 Å². The predicted octanol–water partition coefficient (Wildman–Crippen LogP) is 5.61. The fraction of sp³-hybridized carbons (Fsp3) is 0.393. The summed E-state index contributed by atoms with van der Waals surface area (Å²) in [5.41, 5.74) is 3.52. The third-order valence-electron chi connectivity index (χ3n) is 7.01. The van der Waals surface area contributed by atoms with Crippen LogP contribution in [0.25, 0.3) is 0 Å². The maximum atomic E-state index is 13.8. The van der Waals surface area contributed by atoms with Gasteiger partial charge in [0.2, 0.25) is 6.79 Å². The smallest absolute Gasteiger partial charge is 0.315 e. The number of Topliss-reactive ketones (excluding diaryl/α,β-unsaturated/α-hetero) is 1. The van der Waals surface area contributed by atoms with Gasteiger partial charge in [-0.1, -0.05) is 30.7 Å². The van der Waals surface area contributed by atoms with Gasteiger partial charge in [0.1, 0.15) is 11.7 Å². The van der Waals surface area contributed by atoms with E-state index in [4.69, 9.17) is 35.5 Å². The Bertz CT molecular complexity index is 1270. The number of ether oxygens (including phenoxy) is 4. The summed E-state index contributed by atoms with van der Waals surface area (Å²) in [5.74, 6) is 0.000593. The molecule has 2 aromatic carbocycles. The van der Waals surface area contributed by atoms with Crippen LogP contribution in [0.2, 0.25) is 5.02 Å². The SMILES string of the molecule is CCCOC(=O)C1C(C)=NC2=C(C(=O)C[C@H](c3ccc(OC)cc3)C2)[C@@H]1c1cc2c(cc1Cl)OCO2. The molecule has 5 rings (SSSR count). The highest BCUT2D eigenvalue weighted by molar-refractivity contribution is 6.32. The van der Waals surface area contributed by atoms with Crippen molar-refractivity contribution in [2.75, 3.05) is 20.5 Å². The molecule has 1 aliphatic carbocycles. The Morgan fingerprint density at radius 2 is 1.86 bits per heavy atom. The van der Waals surface area contributed by atoms with Crippen molar-refractivity contribution in [2.45, 2.75) is 44.9 Å². The van der Waals surface area contributed by atoms with E-state index >= 15 is 0 Å². The highest BCUT2D eigenvalue weighted by Crippen LogP contribution is 2.50. The Morgan fingerprint density at radius 1 is 1.14 bits per heavy atom. The summed E-state index contributed by atoms with van der Waals surface area (Å²) in [6.07, 6.45) is 1.59. The van der Waals surface area contributed by atoms with E-state index in [1.54, 1.807) is 19.2 Å². The molecule has 2 aromatic rings. The molecule has 2 aliphatic heterocycles. The molecule has 0 saturated heterocycles. The number of carbonyl (C=O) groups excluding carboxylic acids is 2. The van der Waals surface area contributed by atoms with Gasteiger partial charge in [-0.3, -0.25) is 14.6 Å². The van der Waals surface area contributed by atoms with Crippen molar-refractivity contribution in [3.63, 3.8) is 0 Å². The van der Waals surface area contributed by atoms with E-state index in [-0.39, 0.29) is 18.5 Å². The highest BCUT2D eigenvalue weighted by Gasteiger charge is 2.46. The second-order valence-electron chi connectivity index (χ2n) is 9.26. The maximum Gasteiger partial charge on any atom is 0.315 e. The van der Waals surface area contributed by atoms with Crippen LogP contribution in [0, 0.1) is 5.92 Å². The van der Waals surface area contributed by atoms with Gasteiger partial charge in [-0.25, -0.2) is 0 Å². The number of fused-ring (bicyclic) bond motifs is 1. The van der Waals surface area contributed by atoms with Gasteiger partial charge in [0.25, 0.3) is 0 Å². The van der Waals surface area contributed by atoms with Crippen LogP contribution in [0.3, 0.4) is 0 Å². The van der Waals surface area contributed by atoms with Crippen LogP contribution in [0.1, 0.15) is 56.1 Å². The number of ketones is 1. The number of esters is 1. The van der Waals surface area contributed by atoms with Crippen LogP contribution < -0.4 is 14.2 Å². The zero-order chi connectivity index (χ0) is 25.4. The average Bonchev–Trinajstić information content (AvgIpc) is 3.33. The van der Waals surface area contributed by atoms with E-state index in [1.165, 1.54) is 0 Å². The van der Waals surface area contributed by atoms with E-state index in [9.17, 15) is 9.59 Å². The third kappa shape index (κ3) is 4.37. The van der Waals surface area contributed by atoms with Crippen LogP contribution in [-0.2, 0) is 14.3 Å². The van der Waals surface area contributed by atoms with E-state index in [0.29, 0.717) is 64.9 Å². The molecule has 1 unspecified atom stereocenters. The Hall–Kier alpha value is -3.32. The molecule has 3 aliphatic rings. The molecule has 0 amide bonds. The van der Waals surface area contributed by atoms with Crippen molar-refractivity contribution in [2.24, 2.45) is 10.9 Å². The number of hydrogen-bond acceptors (Lipinski definition) is 7. The number of halogens is 1. The second-order valence-corrected chi connectivity index (χ2v) is 9.67. The summed E-state index contributed by atoms with van der Waals surface area (Å²) in [6, 6.07) is 11.2. The minimum Gasteiger partial charge on any atom is -0.497 e. The van der Waals surface area contributed by atoms with Gasteiger partial charge in [0.15, 0.2) is 17.3 Å². The minimum absolute atomic E-state index is 0.0184. The molecule has 0 N–H and O–H groups in total. The standard InChI is InChI=1S/C28H28ClNO6/c1-4-9-34-28(32)25-15(2)30-21-10-17(16-5-7-18(33-3)8-6-16)11-22(31)27(21)26(25)19-12-23-24(13-20(19)29)36-14-35-23/h5-8,12-13,17,25-26H,4,9-11,14H2,1-3H3/t17-,25?,26-/m1/s1. The van der Waals surface area contributed by atoms with Gasteiger partial charge < -0.3 is 18.9 Å². The zero-order valence-corrected chi connectivity index (χ0v) is 21.3. The maximum absolute atomic E-state index is 13.8. The van der Waals surface area contributed by atoms with Crippen molar-refractivity contribution in [3.8, 4) is 17.2 Å². The summed E-state index contributed by atoms with van der Waals surface area (Å²) in [4.78, 5) is 31.8. The quantitative estimate of drug-likeness (QED) is 0.471. The average molecular weight is 510 g/mol. The van der Waals surface area contributed by atoms with Gasteiger partial charge in [-0.15, -0.1) is 0 Å². The molecule has 0 saturated carbocycles. The van der Waals surface area contributed by atoms with Crippen LogP contribution in [0.15, 0.2) is 52.7 Å². The molecule has 2 heterocycles. The minimum atomic E-state index is -0.755. The fourth-order valence-electron chi connectivity index (χ4n) is 5.28. The molecule has 3 atom stereocenters. The van der Waals surface area contributed by atoms with Crippen molar-refractivity contribution in [1.29, 1.82) is 0 Å². The fourth-order valence-corrected chi connectivity index (χ4v) is 5.55. The number of rotatable bonds is 6. The predicted molar refractivity (Wildman–Crippen MR) is 135 cm³/mol. The molecule has 0 aromatic heterocycles. The molecule has 0 radical (unpaired) electrons. The first-order valence-corrected chi connectivity index (χ1v) is 12.5. The van der Waals surface area contributed by atoms with E-state index in [1.807, 2.05) is 38.1 Å². The van der Waals surface area contributed by atoms with Gasteiger partial charge in [0, 0.05) is 40.4 Å². The van der Waals surface area contributed by atoms with E-state index in [0.717, 1.165) is 11.3 Å². The number of benzene rings is 2. The van der Waals surface area contributed by atoms with E-state index < -0.39 is 17.8 Å². The molecular weight excluding hydrogens is 482 g/mol. The lowest BCUT2D eigenvalue weighted by molar-refractivity contribution is -0.146. The Kier molecular flexibility index (Phi) is 6.75. The van der Waals surface area contributed by atoms with Crippen molar-refractivity contribution in [3.05, 3.63) is 63.8 Å². The largest absolute Gasteiger partial charge is 0.497 e. The van der Waals surface area contributed by atoms with Crippen LogP contribution in [0.4, 0.5) is 0 Å². The second kappa shape index (κ2) is 9.97. The molecule has 188 valence electrons. The van der Waals surface area contributed by atoms with Crippen molar-refractivity contribution in [1.82, 2.24) is 0 Å². The Balaban J connectivity index is 1.59. The molecule has 0 bridgehead atoms. The lowest BCUT2D eigenvalue weighted by Gasteiger charge is -2.37. The number of aliphatic imine (C=N–C) groups is 1. The summed E-state index contributed by atoms with van der Waals surface area (Å²) in [6.45, 7) is 4.14. The molecular formula is C28H28ClNO6. The van der Waals surface area contributed by atoms with Crippen LogP contribution >= 0.6 is 11.6 Å². The molecule has 36 heavy (non-hydrogen) atoms. The van der Waals surface area contributed by atoms with E-state index in [2.05, 4.69) is 0 Å². The Morgan fingerprint density at radius 3 is 2.56 bits per heavy atom. The summed E-state index contributed by atoms with van der Waals surface area (Å²) in [7, 11) is 1.62. The van der Waals surface area contributed by atoms with Gasteiger partial charge in [-0.05, 0) is 55.0 Å². The number of methoxy groups -OCH3 is 1. The first kappa shape index (κ1) is 24.4. The van der Waals surface area contributed by atoms with Crippen LogP contribution in [-0.4, -0.2) is 38.0 Å². The van der Waals surface area contributed by atoms with Gasteiger partial charge in [-0.2, -0.15) is 0 Å². The monoisotopic (exact) mass is 509 g/mol. The summed E-state index contributed by atoms with van der Waals surface area (Å²) < 4.78 is 21.9. The number of nitrogens with zero attached hydrogens (tertiary/aromatic N) is 1. The lowest BCUT2D eigenvalue weighted by Crippen LogP contribution is -2.38. The van der Waals surface area contributed by atoms with Crippen molar-refractivity contribution >= 4 is 29.1 Å². The molecule has 0 spiro atoms. The molecule has 7 nitrogen and oxygen atoms in total. The van der Waals surface area contributed by atoms with Gasteiger partial charge in [0.05, 0.1) is 13.7 Å². The summed E-state index contributed by atoms with van der Waals surface area (Å²) >= 11 is 6.72. The number of hydrogen-bond donors (Lipinski definition) is 0. The van der Waals surface area contributed by atoms with Crippen LogP contribution in [0.5, 0.6) is 17.2 Å². The zero-order valence-electron chi connectivity index (χ0n) is 20.5. The Labute approximate surface area is 215 Å². The molecule has 0 fully saturated rings. The summed E-state index contributed by atoms with van der Waals surface area (Å²) in [5, 5.41) is 0.407. The van der Waals surface area contributed by atoms with Gasteiger partial charge >= 0.3 is 5.97 Å². The number of carbonyl (C=O) groups is 2. The first-order valence-electron chi connectivity index (χ1n) is 12.1. The lowest BCUT2D eigenvalue weighted by atomic mass is 9.69. The first-order chi connectivity index (χ1) is 17.4. The third-order valence-corrected chi connectivity index (χ3v) is 7.33.